The molecule has 118 valence electrons. The number of aromatic nitrogens is 2. The van der Waals surface area contributed by atoms with Gasteiger partial charge in [0.1, 0.15) is 5.69 Å². The molecule has 2 aromatic heterocycles. The summed E-state index contributed by atoms with van der Waals surface area (Å²) in [5, 5.41) is 12.5. The third-order valence-electron chi connectivity index (χ3n) is 3.57. The molecule has 3 rings (SSSR count). The molecule has 0 atom stereocenters. The fourth-order valence-electron chi connectivity index (χ4n) is 2.50. The molecule has 0 fully saturated rings. The number of benzene rings is 1. The first kappa shape index (κ1) is 15.0. The molecule has 3 N–H and O–H groups in total. The van der Waals surface area contributed by atoms with E-state index in [4.69, 9.17) is 10.1 Å². The Morgan fingerprint density at radius 2 is 2.13 bits per heavy atom. The van der Waals surface area contributed by atoms with Crippen LogP contribution in [-0.2, 0) is 9.53 Å². The molecule has 0 aliphatic rings. The predicted molar refractivity (Wildman–Crippen MR) is 85.5 cm³/mol. The number of nitrogens with zero attached hydrogens (tertiary/aromatic N) is 1. The minimum atomic E-state index is -0.477. The molecule has 0 aliphatic heterocycles. The summed E-state index contributed by atoms with van der Waals surface area (Å²) in [5.74, 6) is -0.619. The van der Waals surface area contributed by atoms with Crippen LogP contribution in [0.25, 0.3) is 21.8 Å². The summed E-state index contributed by atoms with van der Waals surface area (Å²) < 4.78 is 4.99. The van der Waals surface area contributed by atoms with Crippen LogP contribution in [0.3, 0.4) is 0 Å². The van der Waals surface area contributed by atoms with Gasteiger partial charge in [-0.05, 0) is 19.1 Å². The molecule has 0 spiro atoms. The van der Waals surface area contributed by atoms with Crippen molar-refractivity contribution >= 4 is 39.4 Å². The Hall–Kier alpha value is -2.96. The maximum Gasteiger partial charge on any atom is 0.354 e. The molecular formula is C16H16N4O3. The fourth-order valence-corrected chi connectivity index (χ4v) is 2.50. The zero-order valence-electron chi connectivity index (χ0n) is 12.8. The van der Waals surface area contributed by atoms with Crippen LogP contribution >= 0.6 is 0 Å². The molecule has 2 heterocycles. The topological polar surface area (TPSA) is 108 Å². The maximum atomic E-state index is 11.9. The Bertz CT molecular complexity index is 961. The average molecular weight is 312 g/mol. The van der Waals surface area contributed by atoms with E-state index in [1.807, 2.05) is 0 Å². The minimum Gasteiger partial charge on any atom is -0.461 e. The Kier molecular flexibility index (Phi) is 3.69. The number of pyridine rings is 1. The van der Waals surface area contributed by atoms with Crippen molar-refractivity contribution < 1.29 is 14.3 Å². The lowest BCUT2D eigenvalue weighted by atomic mass is 10.1. The van der Waals surface area contributed by atoms with Crippen LogP contribution in [-0.4, -0.2) is 28.5 Å². The van der Waals surface area contributed by atoms with Gasteiger partial charge in [0.05, 0.1) is 28.7 Å². The summed E-state index contributed by atoms with van der Waals surface area (Å²) in [6, 6.07) is 3.17. The van der Waals surface area contributed by atoms with E-state index in [1.54, 1.807) is 26.1 Å². The van der Waals surface area contributed by atoms with Crippen LogP contribution in [0, 0.1) is 5.41 Å². The summed E-state index contributed by atoms with van der Waals surface area (Å²) in [4.78, 5) is 30.8. The number of anilines is 1. The van der Waals surface area contributed by atoms with Crippen molar-refractivity contribution in [2.45, 2.75) is 20.3 Å². The smallest absolute Gasteiger partial charge is 0.354 e. The van der Waals surface area contributed by atoms with Gasteiger partial charge < -0.3 is 15.0 Å². The molecule has 7 heteroatoms. The van der Waals surface area contributed by atoms with Gasteiger partial charge in [-0.25, -0.2) is 4.79 Å². The van der Waals surface area contributed by atoms with E-state index in [-0.39, 0.29) is 23.6 Å². The first-order valence-electron chi connectivity index (χ1n) is 7.34. The summed E-state index contributed by atoms with van der Waals surface area (Å²) in [5.41, 5.74) is 1.86. The van der Waals surface area contributed by atoms with E-state index in [9.17, 15) is 9.59 Å². The van der Waals surface area contributed by atoms with E-state index in [2.05, 4.69) is 15.3 Å². The van der Waals surface area contributed by atoms with Crippen LogP contribution in [0.5, 0.6) is 0 Å². The van der Waals surface area contributed by atoms with Crippen LogP contribution in [0.1, 0.15) is 30.8 Å². The molecule has 7 nitrogen and oxygen atoms in total. The zero-order valence-corrected chi connectivity index (χ0v) is 12.8. The van der Waals surface area contributed by atoms with E-state index >= 15 is 0 Å². The number of amides is 1. The normalized spacial score (nSPS) is 11.0. The number of rotatable bonds is 4. The van der Waals surface area contributed by atoms with Crippen molar-refractivity contribution in [3.8, 4) is 0 Å². The Balaban J connectivity index is 2.22. The second kappa shape index (κ2) is 5.68. The molecule has 1 aromatic carbocycles. The maximum absolute atomic E-state index is 11.9. The first-order valence-corrected chi connectivity index (χ1v) is 7.34. The number of ether oxygens (including phenoxy) is 1. The molecule has 0 radical (unpaired) electrons. The summed E-state index contributed by atoms with van der Waals surface area (Å²) in [7, 11) is 0. The number of carbonyl (C=O) groups excluding carboxylic acids is 2. The highest BCUT2D eigenvalue weighted by molar-refractivity contribution is 6.15. The molecule has 0 bridgehead atoms. The summed E-state index contributed by atoms with van der Waals surface area (Å²) >= 11 is 0. The first-order chi connectivity index (χ1) is 11.0. The van der Waals surface area contributed by atoms with Crippen molar-refractivity contribution in [2.75, 3.05) is 11.9 Å². The van der Waals surface area contributed by atoms with Crippen molar-refractivity contribution in [1.29, 1.82) is 5.41 Å². The second-order valence-electron chi connectivity index (χ2n) is 5.09. The standard InChI is InChI=1S/C16H16N4O3/c1-3-12(21)19-10-6-9(17)14-13-8(7-18-15(10)13)5-11(20-14)16(22)23-4-2/h5-7,17,20H,3-4H2,1-2H3,(H,19,21). The van der Waals surface area contributed by atoms with Crippen molar-refractivity contribution in [3.05, 3.63) is 29.4 Å². The van der Waals surface area contributed by atoms with Gasteiger partial charge in [0.15, 0.2) is 0 Å². The number of esters is 1. The number of nitrogens with one attached hydrogen (secondary N) is 3. The lowest BCUT2D eigenvalue weighted by molar-refractivity contribution is -0.115. The highest BCUT2D eigenvalue weighted by Crippen LogP contribution is 2.29. The minimum absolute atomic E-state index is 0.143. The largest absolute Gasteiger partial charge is 0.461 e. The third-order valence-corrected chi connectivity index (χ3v) is 3.57. The van der Waals surface area contributed by atoms with Gasteiger partial charge >= 0.3 is 5.97 Å². The SMILES string of the molecule is CCOC(=O)c1cc2cnc3c(NC(=O)CC)cc(=N)c([nH]1)c23. The van der Waals surface area contributed by atoms with Crippen molar-refractivity contribution in [1.82, 2.24) is 9.97 Å². The quantitative estimate of drug-likeness (QED) is 0.641. The van der Waals surface area contributed by atoms with Crippen LogP contribution in [0.2, 0.25) is 0 Å². The summed E-state index contributed by atoms with van der Waals surface area (Å²) in [6.07, 6.45) is 1.96. The van der Waals surface area contributed by atoms with Crippen LogP contribution < -0.4 is 10.7 Å². The van der Waals surface area contributed by atoms with Gasteiger partial charge in [0, 0.05) is 23.4 Å². The third kappa shape index (κ3) is 2.50. The van der Waals surface area contributed by atoms with Crippen LogP contribution in [0.4, 0.5) is 5.69 Å². The van der Waals surface area contributed by atoms with Crippen LogP contribution in [0.15, 0.2) is 18.3 Å². The second-order valence-corrected chi connectivity index (χ2v) is 5.09. The van der Waals surface area contributed by atoms with Crippen molar-refractivity contribution in [3.63, 3.8) is 0 Å². The molecule has 0 saturated heterocycles. The molecule has 23 heavy (non-hydrogen) atoms. The van der Waals surface area contributed by atoms with Gasteiger partial charge in [-0.1, -0.05) is 6.92 Å². The van der Waals surface area contributed by atoms with Gasteiger partial charge in [-0.2, -0.15) is 0 Å². The highest BCUT2D eigenvalue weighted by atomic mass is 16.5. The van der Waals surface area contributed by atoms with Crippen molar-refractivity contribution in [2.24, 2.45) is 0 Å². The Morgan fingerprint density at radius 3 is 2.83 bits per heavy atom. The lowest BCUT2D eigenvalue weighted by Gasteiger charge is -2.09. The monoisotopic (exact) mass is 312 g/mol. The van der Waals surface area contributed by atoms with Gasteiger partial charge in [0.25, 0.3) is 0 Å². The molecule has 3 aromatic rings. The van der Waals surface area contributed by atoms with E-state index < -0.39 is 5.97 Å². The Labute approximate surface area is 131 Å². The van der Waals surface area contributed by atoms with E-state index in [1.165, 1.54) is 6.07 Å². The number of aromatic amines is 1. The molecular weight excluding hydrogens is 296 g/mol. The van der Waals surface area contributed by atoms with E-state index in [0.29, 0.717) is 23.1 Å². The average Bonchev–Trinajstić information content (AvgIpc) is 2.96. The number of H-pyrrole nitrogens is 1. The van der Waals surface area contributed by atoms with Gasteiger partial charge in [-0.3, -0.25) is 15.2 Å². The number of carbonyl (C=O) groups is 2. The van der Waals surface area contributed by atoms with Gasteiger partial charge in [-0.15, -0.1) is 0 Å². The zero-order chi connectivity index (χ0) is 16.6. The molecule has 0 saturated carbocycles. The number of hydrogen-bond donors (Lipinski definition) is 3. The Morgan fingerprint density at radius 1 is 1.35 bits per heavy atom. The number of hydrogen-bond acceptors (Lipinski definition) is 5. The molecule has 0 unspecified atom stereocenters. The lowest BCUT2D eigenvalue weighted by Crippen LogP contribution is -2.14. The molecule has 0 aliphatic carbocycles. The highest BCUT2D eigenvalue weighted by Gasteiger charge is 2.17. The van der Waals surface area contributed by atoms with E-state index in [0.717, 1.165) is 10.8 Å². The summed E-state index contributed by atoms with van der Waals surface area (Å²) in [6.45, 7) is 3.76. The fraction of sp³-hybridized carbons (Fsp3) is 0.250. The molecule has 1 amide bonds. The predicted octanol–water partition coefficient (Wildman–Crippen LogP) is 2.16. The van der Waals surface area contributed by atoms with Gasteiger partial charge in [0.2, 0.25) is 5.91 Å².